The van der Waals surface area contributed by atoms with E-state index in [2.05, 4.69) is 5.32 Å². The van der Waals surface area contributed by atoms with Crippen LogP contribution in [0.2, 0.25) is 15.1 Å². The van der Waals surface area contributed by atoms with Gasteiger partial charge < -0.3 is 24.4 Å². The summed E-state index contributed by atoms with van der Waals surface area (Å²) in [6.45, 7) is 0.706. The lowest BCUT2D eigenvalue weighted by atomic mass is 9.95. The van der Waals surface area contributed by atoms with Gasteiger partial charge in [0.2, 0.25) is 11.8 Å². The molecule has 1 N–H and O–H groups in total. The summed E-state index contributed by atoms with van der Waals surface area (Å²) < 4.78 is 45.9. The molecule has 1 fully saturated rings. The number of carbonyl (C=O) groups is 2. The summed E-state index contributed by atoms with van der Waals surface area (Å²) in [5, 5.41) is 3.86. The predicted octanol–water partition coefficient (Wildman–Crippen LogP) is 6.73. The Morgan fingerprint density at radius 2 is 1.49 bits per heavy atom. The number of halogens is 3. The molecule has 0 unspecified atom stereocenters. The van der Waals surface area contributed by atoms with E-state index >= 15 is 0 Å². The fourth-order valence-corrected chi connectivity index (χ4v) is 7.60. The van der Waals surface area contributed by atoms with Crippen molar-refractivity contribution in [2.24, 2.45) is 0 Å². The van der Waals surface area contributed by atoms with Crippen molar-refractivity contribution < 1.29 is 32.2 Å². The van der Waals surface area contributed by atoms with Gasteiger partial charge in [-0.25, -0.2) is 8.42 Å². The first-order chi connectivity index (χ1) is 22.4. The highest BCUT2D eigenvalue weighted by molar-refractivity contribution is 7.92. The van der Waals surface area contributed by atoms with E-state index in [0.29, 0.717) is 21.4 Å². The Hall–Kier alpha value is -3.38. The van der Waals surface area contributed by atoms with Gasteiger partial charge >= 0.3 is 0 Å². The number of sulfonamides is 1. The first kappa shape index (κ1) is 36.5. The summed E-state index contributed by atoms with van der Waals surface area (Å²) >= 11 is 19.3. The van der Waals surface area contributed by atoms with Crippen LogP contribution in [0.3, 0.4) is 0 Å². The number of anilines is 1. The molecular formula is C33H38Cl3N3O7S. The maximum Gasteiger partial charge on any atom is 0.265 e. The first-order valence-electron chi connectivity index (χ1n) is 15.0. The Morgan fingerprint density at radius 3 is 2.11 bits per heavy atom. The SMILES string of the molecule is COc1ccc(S(=O)(=O)N(CC(=O)N(Cc2c(Cl)cccc2Cl)[C@@H](C)C(=O)NC2CCCCC2)c2cc(Cl)ccc2OC)cc1OC. The standard InChI is InChI=1S/C33H38Cl3N3O7S/c1-21(33(41)37-23-9-6-5-7-10-23)38(19-25-26(35)11-8-12-27(25)36)32(40)20-39(28-17-22(34)13-15-29(28)44-2)47(42,43)24-14-16-30(45-3)31(18-24)46-4/h8,11-18,21,23H,5-7,9-10,19-20H2,1-4H3,(H,37,41)/t21-/m0/s1. The maximum atomic E-state index is 14.4. The summed E-state index contributed by atoms with van der Waals surface area (Å²) in [6.07, 6.45) is 4.79. The van der Waals surface area contributed by atoms with E-state index in [1.54, 1.807) is 25.1 Å². The van der Waals surface area contributed by atoms with Crippen LogP contribution in [0.5, 0.6) is 17.2 Å². The average molecular weight is 727 g/mol. The Balaban J connectivity index is 1.79. The molecule has 47 heavy (non-hydrogen) atoms. The van der Waals surface area contributed by atoms with Crippen LogP contribution in [0.25, 0.3) is 0 Å². The number of amides is 2. The second kappa shape index (κ2) is 16.1. The first-order valence-corrected chi connectivity index (χ1v) is 17.6. The normalized spacial score (nSPS) is 14.2. The van der Waals surface area contributed by atoms with Gasteiger partial charge in [0.15, 0.2) is 11.5 Å². The van der Waals surface area contributed by atoms with Crippen molar-refractivity contribution in [1.29, 1.82) is 0 Å². The minimum Gasteiger partial charge on any atom is -0.495 e. The second-order valence-electron chi connectivity index (χ2n) is 11.1. The number of hydrogen-bond donors (Lipinski definition) is 1. The van der Waals surface area contributed by atoms with Gasteiger partial charge in [0.1, 0.15) is 18.3 Å². The summed E-state index contributed by atoms with van der Waals surface area (Å²) in [5.41, 5.74) is 0.425. The Labute approximate surface area is 290 Å². The van der Waals surface area contributed by atoms with Crippen molar-refractivity contribution in [3.05, 3.63) is 75.2 Å². The Bertz CT molecular complexity index is 1680. The third-order valence-corrected chi connectivity index (χ3v) is 10.8. The lowest BCUT2D eigenvalue weighted by Gasteiger charge is -2.34. The number of benzene rings is 3. The van der Waals surface area contributed by atoms with Gasteiger partial charge in [0.05, 0.1) is 31.9 Å². The van der Waals surface area contributed by atoms with Gasteiger partial charge in [-0.05, 0) is 62.2 Å². The third-order valence-electron chi connectivity index (χ3n) is 8.14. The fourth-order valence-electron chi connectivity index (χ4n) is 5.48. The molecule has 3 aromatic carbocycles. The molecule has 0 heterocycles. The van der Waals surface area contributed by atoms with Crippen molar-refractivity contribution in [3.63, 3.8) is 0 Å². The van der Waals surface area contributed by atoms with Crippen molar-refractivity contribution in [3.8, 4) is 17.2 Å². The fraction of sp³-hybridized carbons (Fsp3) is 0.394. The van der Waals surface area contributed by atoms with E-state index in [0.717, 1.165) is 36.4 Å². The zero-order valence-electron chi connectivity index (χ0n) is 26.6. The molecule has 1 aliphatic rings. The van der Waals surface area contributed by atoms with Crippen LogP contribution in [0.4, 0.5) is 5.69 Å². The predicted molar refractivity (Wildman–Crippen MR) is 184 cm³/mol. The highest BCUT2D eigenvalue weighted by Crippen LogP contribution is 2.37. The van der Waals surface area contributed by atoms with Crippen molar-refractivity contribution in [1.82, 2.24) is 10.2 Å². The quantitative estimate of drug-likeness (QED) is 0.208. The molecule has 4 rings (SSSR count). The number of nitrogens with one attached hydrogen (secondary N) is 1. The van der Waals surface area contributed by atoms with E-state index in [4.69, 9.17) is 49.0 Å². The molecular weight excluding hydrogens is 689 g/mol. The highest BCUT2D eigenvalue weighted by Gasteiger charge is 2.35. The molecule has 14 heteroatoms. The molecule has 0 spiro atoms. The number of carbonyl (C=O) groups excluding carboxylic acids is 2. The van der Waals surface area contributed by atoms with Gasteiger partial charge in [-0.3, -0.25) is 13.9 Å². The molecule has 254 valence electrons. The molecule has 0 aromatic heterocycles. The van der Waals surface area contributed by atoms with Gasteiger partial charge in [0.25, 0.3) is 10.0 Å². The number of nitrogens with zero attached hydrogens (tertiary/aromatic N) is 2. The van der Waals surface area contributed by atoms with Crippen LogP contribution in [0, 0.1) is 0 Å². The van der Waals surface area contributed by atoms with E-state index in [-0.39, 0.29) is 45.6 Å². The highest BCUT2D eigenvalue weighted by atomic mass is 35.5. The number of methoxy groups -OCH3 is 3. The monoisotopic (exact) mass is 725 g/mol. The molecule has 3 aromatic rings. The van der Waals surface area contributed by atoms with Crippen LogP contribution >= 0.6 is 34.8 Å². The second-order valence-corrected chi connectivity index (χ2v) is 14.2. The molecule has 2 amide bonds. The van der Waals surface area contributed by atoms with E-state index < -0.39 is 28.5 Å². The minimum absolute atomic E-state index is 0.0122. The zero-order valence-corrected chi connectivity index (χ0v) is 29.7. The molecule has 10 nitrogen and oxygen atoms in total. The lowest BCUT2D eigenvalue weighted by Crippen LogP contribution is -2.53. The average Bonchev–Trinajstić information content (AvgIpc) is 3.06. The van der Waals surface area contributed by atoms with E-state index in [9.17, 15) is 18.0 Å². The minimum atomic E-state index is -4.49. The van der Waals surface area contributed by atoms with Gasteiger partial charge in [-0.1, -0.05) is 60.1 Å². The maximum absolute atomic E-state index is 14.4. The number of hydrogen-bond acceptors (Lipinski definition) is 7. The van der Waals surface area contributed by atoms with Gasteiger partial charge in [0, 0.05) is 39.3 Å². The number of ether oxygens (including phenoxy) is 3. The van der Waals surface area contributed by atoms with Crippen LogP contribution in [0.15, 0.2) is 59.5 Å². The molecule has 0 bridgehead atoms. The summed E-state index contributed by atoms with van der Waals surface area (Å²) in [7, 11) is -0.303. The molecule has 1 atom stereocenters. The molecule has 0 aliphatic heterocycles. The summed E-state index contributed by atoms with van der Waals surface area (Å²) in [6, 6.07) is 12.4. The van der Waals surface area contributed by atoms with Crippen LogP contribution in [-0.2, 0) is 26.2 Å². The Morgan fingerprint density at radius 1 is 0.872 bits per heavy atom. The molecule has 0 radical (unpaired) electrons. The molecule has 1 aliphatic carbocycles. The summed E-state index contributed by atoms with van der Waals surface area (Å²) in [5.74, 6) is -0.438. The van der Waals surface area contributed by atoms with E-state index in [1.807, 2.05) is 0 Å². The van der Waals surface area contributed by atoms with Crippen molar-refractivity contribution in [2.75, 3.05) is 32.2 Å². The third kappa shape index (κ3) is 8.56. The largest absolute Gasteiger partial charge is 0.495 e. The van der Waals surface area contributed by atoms with E-state index in [1.165, 1.54) is 62.6 Å². The van der Waals surface area contributed by atoms with Crippen LogP contribution in [-0.4, -0.2) is 65.1 Å². The topological polar surface area (TPSA) is 114 Å². The lowest BCUT2D eigenvalue weighted by molar-refractivity contribution is -0.139. The van der Waals surface area contributed by atoms with Crippen molar-refractivity contribution >= 4 is 62.3 Å². The zero-order chi connectivity index (χ0) is 34.3. The number of rotatable bonds is 13. The Kier molecular flexibility index (Phi) is 12.5. The molecule has 0 saturated heterocycles. The summed E-state index contributed by atoms with van der Waals surface area (Å²) in [4.78, 5) is 29.1. The van der Waals surface area contributed by atoms with Crippen LogP contribution < -0.4 is 23.8 Å². The van der Waals surface area contributed by atoms with Crippen LogP contribution in [0.1, 0.15) is 44.6 Å². The van der Waals surface area contributed by atoms with Gasteiger partial charge in [-0.15, -0.1) is 0 Å². The van der Waals surface area contributed by atoms with Gasteiger partial charge in [-0.2, -0.15) is 0 Å². The smallest absolute Gasteiger partial charge is 0.265 e. The van der Waals surface area contributed by atoms with Crippen molar-refractivity contribution in [2.45, 2.75) is 62.6 Å². The molecule has 1 saturated carbocycles.